The lowest BCUT2D eigenvalue weighted by Crippen LogP contribution is -1.98. The lowest BCUT2D eigenvalue weighted by atomic mass is 10.1. The Morgan fingerprint density at radius 3 is 2.55 bits per heavy atom. The van der Waals surface area contributed by atoms with Gasteiger partial charge in [0.05, 0.1) is 11.2 Å². The van der Waals surface area contributed by atoms with Gasteiger partial charge in [0.25, 0.3) is 0 Å². The average Bonchev–Trinajstić information content (AvgIpc) is 2.96. The Bertz CT molecular complexity index is 1230. The van der Waals surface area contributed by atoms with Crippen LogP contribution in [0.5, 0.6) is 5.88 Å². The van der Waals surface area contributed by atoms with Gasteiger partial charge in [-0.05, 0) is 64.8 Å². The van der Waals surface area contributed by atoms with Crippen LogP contribution in [0, 0.1) is 6.92 Å². The van der Waals surface area contributed by atoms with E-state index in [0.717, 1.165) is 26.6 Å². The molecule has 0 atom stereocenters. The predicted molar refractivity (Wildman–Crippen MR) is 118 cm³/mol. The van der Waals surface area contributed by atoms with E-state index in [9.17, 15) is 5.11 Å². The molecule has 2 aromatic carbocycles. The van der Waals surface area contributed by atoms with E-state index in [1.54, 1.807) is 17.8 Å². The third-order valence-corrected chi connectivity index (χ3v) is 5.06. The van der Waals surface area contributed by atoms with Gasteiger partial charge in [0.1, 0.15) is 5.69 Å². The van der Waals surface area contributed by atoms with Crippen LogP contribution in [0.15, 0.2) is 86.6 Å². The molecule has 0 amide bonds. The summed E-state index contributed by atoms with van der Waals surface area (Å²) in [6.45, 7) is 1.99. The molecule has 0 aliphatic carbocycles. The van der Waals surface area contributed by atoms with E-state index < -0.39 is 0 Å². The minimum Gasteiger partial charge on any atom is -0.493 e. The monoisotopic (exact) mass is 447 g/mol. The highest BCUT2D eigenvalue weighted by atomic mass is 79.9. The Balaban J connectivity index is 1.85. The number of azo groups is 1. The fourth-order valence-electron chi connectivity index (χ4n) is 3.09. The van der Waals surface area contributed by atoms with E-state index in [-0.39, 0.29) is 5.88 Å². The fourth-order valence-corrected chi connectivity index (χ4v) is 3.93. The molecule has 0 aliphatic heterocycles. The highest BCUT2D eigenvalue weighted by Crippen LogP contribution is 2.41. The van der Waals surface area contributed by atoms with Crippen molar-refractivity contribution in [2.75, 3.05) is 0 Å². The molecule has 1 N–H and O–H groups in total. The van der Waals surface area contributed by atoms with Crippen molar-refractivity contribution in [3.8, 4) is 5.88 Å². The number of hydrogen-bond donors (Lipinski definition) is 1. The largest absolute Gasteiger partial charge is 0.493 e. The second-order valence-corrected chi connectivity index (χ2v) is 7.41. The van der Waals surface area contributed by atoms with Gasteiger partial charge in [0.2, 0.25) is 11.7 Å². The van der Waals surface area contributed by atoms with Gasteiger partial charge in [-0.15, -0.1) is 10.2 Å². The molecule has 0 aliphatic rings. The molecule has 0 saturated heterocycles. The van der Waals surface area contributed by atoms with Gasteiger partial charge in [0.15, 0.2) is 5.69 Å². The normalized spacial score (nSPS) is 12.2. The topological polar surface area (TPSA) is 75.1 Å². The third kappa shape index (κ3) is 3.82. The van der Waals surface area contributed by atoms with Crippen LogP contribution in [0.3, 0.4) is 0 Å². The maximum atomic E-state index is 10.6. The van der Waals surface area contributed by atoms with E-state index in [1.807, 2.05) is 67.6 Å². The Labute approximate surface area is 176 Å². The number of fused-ring (bicyclic) bond motifs is 1. The van der Waals surface area contributed by atoms with Crippen LogP contribution < -0.4 is 0 Å². The summed E-state index contributed by atoms with van der Waals surface area (Å²) < 4.78 is 2.57. The standard InChI is InChI=1S/C22H18BrN5O/c1-14-12-16-19(22(29)28(2)20(16)17(23)13-14)26-27-21(18-10-6-7-11-24-18)25-15-8-4-3-5-9-15/h3-13,29H,1-2H3. The zero-order chi connectivity index (χ0) is 20.4. The van der Waals surface area contributed by atoms with Crippen molar-refractivity contribution in [2.24, 2.45) is 22.3 Å². The number of hydrogen-bond acceptors (Lipinski definition) is 4. The molecule has 0 saturated carbocycles. The summed E-state index contributed by atoms with van der Waals surface area (Å²) in [6.07, 6.45) is 1.68. The van der Waals surface area contributed by atoms with Crippen molar-refractivity contribution in [1.82, 2.24) is 9.55 Å². The Kier molecular flexibility index (Phi) is 5.22. The third-order valence-electron chi connectivity index (χ3n) is 4.46. The number of aliphatic imine (C=N–C) groups is 1. The van der Waals surface area contributed by atoms with Crippen molar-refractivity contribution in [3.63, 3.8) is 0 Å². The molecular formula is C22H18BrN5O. The second-order valence-electron chi connectivity index (χ2n) is 6.56. The minimum atomic E-state index is 0.0372. The zero-order valence-electron chi connectivity index (χ0n) is 15.9. The maximum Gasteiger partial charge on any atom is 0.220 e. The van der Waals surface area contributed by atoms with Crippen molar-refractivity contribution in [1.29, 1.82) is 0 Å². The van der Waals surface area contributed by atoms with Crippen LogP contribution in [0.25, 0.3) is 10.9 Å². The highest BCUT2D eigenvalue weighted by Gasteiger charge is 2.17. The molecule has 0 unspecified atom stereocenters. The van der Waals surface area contributed by atoms with Gasteiger partial charge >= 0.3 is 0 Å². The van der Waals surface area contributed by atoms with Gasteiger partial charge in [-0.3, -0.25) is 4.98 Å². The van der Waals surface area contributed by atoms with E-state index in [1.165, 1.54) is 0 Å². The Hall–Kier alpha value is -3.32. The van der Waals surface area contributed by atoms with Gasteiger partial charge in [-0.2, -0.15) is 0 Å². The molecule has 4 aromatic rings. The number of aryl methyl sites for hydroxylation is 2. The summed E-state index contributed by atoms with van der Waals surface area (Å²) in [5.74, 6) is 0.398. The lowest BCUT2D eigenvalue weighted by Gasteiger charge is -2.01. The Morgan fingerprint density at radius 2 is 1.83 bits per heavy atom. The summed E-state index contributed by atoms with van der Waals surface area (Å²) in [5.41, 5.74) is 3.63. The number of rotatable bonds is 3. The van der Waals surface area contributed by atoms with Gasteiger partial charge < -0.3 is 9.67 Å². The van der Waals surface area contributed by atoms with Crippen LogP contribution in [0.4, 0.5) is 11.4 Å². The van der Waals surface area contributed by atoms with Crippen molar-refractivity contribution in [3.05, 3.63) is 82.6 Å². The first kappa shape index (κ1) is 19.0. The van der Waals surface area contributed by atoms with Crippen molar-refractivity contribution in [2.45, 2.75) is 6.92 Å². The van der Waals surface area contributed by atoms with Crippen LogP contribution in [0.1, 0.15) is 11.3 Å². The molecule has 29 heavy (non-hydrogen) atoms. The van der Waals surface area contributed by atoms with Crippen molar-refractivity contribution < 1.29 is 5.11 Å². The van der Waals surface area contributed by atoms with Crippen molar-refractivity contribution >= 4 is 44.0 Å². The van der Waals surface area contributed by atoms with Crippen LogP contribution >= 0.6 is 15.9 Å². The average molecular weight is 448 g/mol. The van der Waals surface area contributed by atoms with Crippen LogP contribution in [0.2, 0.25) is 0 Å². The Morgan fingerprint density at radius 1 is 1.07 bits per heavy atom. The van der Waals surface area contributed by atoms with E-state index in [4.69, 9.17) is 0 Å². The van der Waals surface area contributed by atoms with Crippen LogP contribution in [-0.4, -0.2) is 20.5 Å². The molecular weight excluding hydrogens is 430 g/mol. The second kappa shape index (κ2) is 7.97. The summed E-state index contributed by atoms with van der Waals surface area (Å²) in [6, 6.07) is 19.0. The molecule has 0 bridgehead atoms. The first-order valence-electron chi connectivity index (χ1n) is 8.99. The number of para-hydroxylation sites is 1. The number of nitrogens with zero attached hydrogens (tertiary/aromatic N) is 5. The molecule has 4 rings (SSSR count). The molecule has 0 radical (unpaired) electrons. The van der Waals surface area contributed by atoms with E-state index in [0.29, 0.717) is 17.2 Å². The van der Waals surface area contributed by atoms with E-state index in [2.05, 4.69) is 36.1 Å². The number of aromatic nitrogens is 2. The summed E-state index contributed by atoms with van der Waals surface area (Å²) in [7, 11) is 1.79. The first-order valence-corrected chi connectivity index (χ1v) is 9.78. The van der Waals surface area contributed by atoms with E-state index >= 15 is 0 Å². The summed E-state index contributed by atoms with van der Waals surface area (Å²) in [5, 5.41) is 20.2. The molecule has 0 fully saturated rings. The summed E-state index contributed by atoms with van der Waals surface area (Å²) in [4.78, 5) is 8.94. The van der Waals surface area contributed by atoms with Crippen LogP contribution in [-0.2, 0) is 7.05 Å². The molecule has 0 spiro atoms. The number of pyridine rings is 1. The molecule has 6 nitrogen and oxygen atoms in total. The predicted octanol–water partition coefficient (Wildman–Crippen LogP) is 6.21. The lowest BCUT2D eigenvalue weighted by molar-refractivity contribution is 0.436. The van der Waals surface area contributed by atoms with Gasteiger partial charge in [-0.1, -0.05) is 24.3 Å². The molecule has 2 aromatic heterocycles. The quantitative estimate of drug-likeness (QED) is 0.230. The fraction of sp³-hybridized carbons (Fsp3) is 0.0909. The minimum absolute atomic E-state index is 0.0372. The number of benzene rings is 2. The van der Waals surface area contributed by atoms with Gasteiger partial charge in [-0.25, -0.2) is 4.99 Å². The first-order chi connectivity index (χ1) is 14.0. The zero-order valence-corrected chi connectivity index (χ0v) is 17.5. The van der Waals surface area contributed by atoms with Gasteiger partial charge in [0, 0.05) is 23.1 Å². The molecule has 144 valence electrons. The molecule has 7 heteroatoms. The smallest absolute Gasteiger partial charge is 0.220 e. The number of amidine groups is 1. The summed E-state index contributed by atoms with van der Waals surface area (Å²) >= 11 is 3.57. The molecule has 2 heterocycles. The SMILES string of the molecule is Cc1cc(Br)c2c(c1)c(N=NC(=Nc1ccccc1)c1ccccn1)c(O)n2C. The number of halogens is 1. The maximum absolute atomic E-state index is 10.6. The highest BCUT2D eigenvalue weighted by molar-refractivity contribution is 9.10. The number of aromatic hydroxyl groups is 1.